The van der Waals surface area contributed by atoms with Gasteiger partial charge in [-0.15, -0.1) is 0 Å². The Kier molecular flexibility index (Phi) is 4.13. The summed E-state index contributed by atoms with van der Waals surface area (Å²) in [4.78, 5) is 0. The molecule has 2 aromatic carbocycles. The summed E-state index contributed by atoms with van der Waals surface area (Å²) in [6, 6.07) is 9.08. The van der Waals surface area contributed by atoms with E-state index >= 15 is 0 Å². The van der Waals surface area contributed by atoms with E-state index in [0.717, 1.165) is 0 Å². The first-order valence-corrected chi connectivity index (χ1v) is 7.22. The molecule has 0 saturated heterocycles. The lowest BCUT2D eigenvalue weighted by atomic mass is 9.97. The van der Waals surface area contributed by atoms with Crippen LogP contribution in [0.2, 0.25) is 0 Å². The quantitative estimate of drug-likeness (QED) is 0.610. The zero-order chi connectivity index (χ0) is 14.9. The number of hydrogen-bond acceptors (Lipinski definition) is 0. The maximum Gasteiger partial charge on any atom is -0.0224 e. The lowest BCUT2D eigenvalue weighted by Gasteiger charge is -2.08. The second kappa shape index (κ2) is 5.66. The van der Waals surface area contributed by atoms with Gasteiger partial charge in [0, 0.05) is 0 Å². The first-order chi connectivity index (χ1) is 9.38. The first-order valence-electron chi connectivity index (χ1n) is 7.22. The van der Waals surface area contributed by atoms with Crippen molar-refractivity contribution >= 4 is 12.2 Å². The van der Waals surface area contributed by atoms with Crippen LogP contribution in [-0.4, -0.2) is 0 Å². The summed E-state index contributed by atoms with van der Waals surface area (Å²) in [5, 5.41) is 0. The van der Waals surface area contributed by atoms with E-state index in [4.69, 9.17) is 0 Å². The minimum Gasteiger partial charge on any atom is -0.0555 e. The SMILES string of the molecule is Cc1cc(C)c(/C=C/c2cc(C)c(C)cc2C)cc1C. The summed E-state index contributed by atoms with van der Waals surface area (Å²) in [6.07, 6.45) is 4.47. The smallest absolute Gasteiger partial charge is 0.0224 e. The van der Waals surface area contributed by atoms with Crippen molar-refractivity contribution in [1.82, 2.24) is 0 Å². The van der Waals surface area contributed by atoms with Crippen LogP contribution in [0.15, 0.2) is 24.3 Å². The Balaban J connectivity index is 2.39. The Morgan fingerprint density at radius 1 is 0.450 bits per heavy atom. The third kappa shape index (κ3) is 3.01. The Bertz CT molecular complexity index is 613. The number of hydrogen-bond donors (Lipinski definition) is 0. The van der Waals surface area contributed by atoms with Crippen LogP contribution in [-0.2, 0) is 0 Å². The highest BCUT2D eigenvalue weighted by atomic mass is 14.1. The lowest BCUT2D eigenvalue weighted by molar-refractivity contribution is 1.28. The Hall–Kier alpha value is -1.82. The number of aryl methyl sites for hydroxylation is 6. The lowest BCUT2D eigenvalue weighted by Crippen LogP contribution is -1.89. The standard InChI is InChI=1S/C20H24/c1-13-9-17(5)19(11-15(13)3)7-8-20-12-16(4)14(2)10-18(20)6/h7-12H,1-6H3/b8-7+. The van der Waals surface area contributed by atoms with Crippen LogP contribution in [0.1, 0.15) is 44.5 Å². The fraction of sp³-hybridized carbons (Fsp3) is 0.300. The highest BCUT2D eigenvalue weighted by Gasteiger charge is 2.01. The minimum absolute atomic E-state index is 1.31. The molecule has 0 nitrogen and oxygen atoms in total. The van der Waals surface area contributed by atoms with Crippen molar-refractivity contribution in [1.29, 1.82) is 0 Å². The van der Waals surface area contributed by atoms with Gasteiger partial charge in [0.1, 0.15) is 0 Å². The summed E-state index contributed by atoms with van der Waals surface area (Å²) in [6.45, 7) is 13.0. The van der Waals surface area contributed by atoms with E-state index in [9.17, 15) is 0 Å². The molecule has 0 radical (unpaired) electrons. The summed E-state index contributed by atoms with van der Waals surface area (Å²) in [5.41, 5.74) is 10.7. The van der Waals surface area contributed by atoms with Gasteiger partial charge < -0.3 is 0 Å². The maximum atomic E-state index is 2.28. The van der Waals surface area contributed by atoms with Crippen molar-refractivity contribution in [3.05, 3.63) is 68.8 Å². The Labute approximate surface area is 123 Å². The molecule has 0 aliphatic heterocycles. The third-order valence-electron chi connectivity index (χ3n) is 4.21. The maximum absolute atomic E-state index is 2.28. The average Bonchev–Trinajstić information content (AvgIpc) is 2.37. The Morgan fingerprint density at radius 3 is 1.10 bits per heavy atom. The van der Waals surface area contributed by atoms with E-state index in [1.165, 1.54) is 44.5 Å². The zero-order valence-electron chi connectivity index (χ0n) is 13.5. The molecule has 0 aromatic heterocycles. The molecule has 0 heterocycles. The molecule has 0 amide bonds. The molecule has 0 atom stereocenters. The predicted octanol–water partition coefficient (Wildman–Crippen LogP) is 5.71. The van der Waals surface area contributed by atoms with E-state index in [1.807, 2.05) is 0 Å². The second-order valence-corrected chi connectivity index (χ2v) is 5.92. The summed E-state index contributed by atoms with van der Waals surface area (Å²) >= 11 is 0. The largest absolute Gasteiger partial charge is 0.0555 e. The van der Waals surface area contributed by atoms with E-state index in [2.05, 4.69) is 78.0 Å². The molecule has 20 heavy (non-hydrogen) atoms. The van der Waals surface area contributed by atoms with Gasteiger partial charge in [0.05, 0.1) is 0 Å². The van der Waals surface area contributed by atoms with Crippen molar-refractivity contribution in [2.75, 3.05) is 0 Å². The van der Waals surface area contributed by atoms with Crippen LogP contribution in [0.25, 0.3) is 12.2 Å². The normalized spacial score (nSPS) is 11.3. The molecular weight excluding hydrogens is 240 g/mol. The molecular formula is C20H24. The zero-order valence-corrected chi connectivity index (χ0v) is 13.5. The van der Waals surface area contributed by atoms with Crippen molar-refractivity contribution in [3.8, 4) is 0 Å². The van der Waals surface area contributed by atoms with Gasteiger partial charge in [0.25, 0.3) is 0 Å². The van der Waals surface area contributed by atoms with Crippen molar-refractivity contribution in [2.45, 2.75) is 41.5 Å². The molecule has 0 N–H and O–H groups in total. The fourth-order valence-corrected chi connectivity index (χ4v) is 2.50. The van der Waals surface area contributed by atoms with Gasteiger partial charge in [-0.2, -0.15) is 0 Å². The average molecular weight is 264 g/mol. The van der Waals surface area contributed by atoms with E-state index in [-0.39, 0.29) is 0 Å². The summed E-state index contributed by atoms with van der Waals surface area (Å²) in [5.74, 6) is 0. The van der Waals surface area contributed by atoms with Crippen LogP contribution in [0, 0.1) is 41.5 Å². The monoisotopic (exact) mass is 264 g/mol. The molecule has 2 aromatic rings. The molecule has 0 fully saturated rings. The highest BCUT2D eigenvalue weighted by molar-refractivity contribution is 5.73. The van der Waals surface area contributed by atoms with Gasteiger partial charge in [0.15, 0.2) is 0 Å². The molecule has 0 saturated carbocycles. The molecule has 0 spiro atoms. The number of rotatable bonds is 2. The van der Waals surface area contributed by atoms with Crippen LogP contribution < -0.4 is 0 Å². The van der Waals surface area contributed by atoms with E-state index in [1.54, 1.807) is 0 Å². The van der Waals surface area contributed by atoms with Crippen molar-refractivity contribution in [2.24, 2.45) is 0 Å². The molecule has 0 heteroatoms. The predicted molar refractivity (Wildman–Crippen MR) is 90.2 cm³/mol. The molecule has 0 aliphatic rings. The van der Waals surface area contributed by atoms with Crippen LogP contribution >= 0.6 is 0 Å². The molecule has 104 valence electrons. The van der Waals surface area contributed by atoms with Gasteiger partial charge in [-0.3, -0.25) is 0 Å². The highest BCUT2D eigenvalue weighted by Crippen LogP contribution is 2.21. The Morgan fingerprint density at radius 2 is 0.750 bits per heavy atom. The van der Waals surface area contributed by atoms with Crippen molar-refractivity contribution in [3.63, 3.8) is 0 Å². The first kappa shape index (κ1) is 14.6. The van der Waals surface area contributed by atoms with Crippen LogP contribution in [0.4, 0.5) is 0 Å². The second-order valence-electron chi connectivity index (χ2n) is 5.92. The van der Waals surface area contributed by atoms with E-state index in [0.29, 0.717) is 0 Å². The van der Waals surface area contributed by atoms with Crippen LogP contribution in [0.5, 0.6) is 0 Å². The third-order valence-corrected chi connectivity index (χ3v) is 4.21. The van der Waals surface area contributed by atoms with Gasteiger partial charge in [-0.05, 0) is 86.1 Å². The molecule has 0 aliphatic carbocycles. The van der Waals surface area contributed by atoms with Crippen LogP contribution in [0.3, 0.4) is 0 Å². The topological polar surface area (TPSA) is 0 Å². The van der Waals surface area contributed by atoms with Gasteiger partial charge >= 0.3 is 0 Å². The summed E-state index contributed by atoms with van der Waals surface area (Å²) < 4.78 is 0. The van der Waals surface area contributed by atoms with Gasteiger partial charge in [-0.1, -0.05) is 36.4 Å². The fourth-order valence-electron chi connectivity index (χ4n) is 2.50. The molecule has 0 bridgehead atoms. The summed E-state index contributed by atoms with van der Waals surface area (Å²) in [7, 11) is 0. The number of benzene rings is 2. The van der Waals surface area contributed by atoms with Crippen molar-refractivity contribution < 1.29 is 0 Å². The van der Waals surface area contributed by atoms with Gasteiger partial charge in [0.2, 0.25) is 0 Å². The molecule has 2 rings (SSSR count). The molecule has 0 unspecified atom stereocenters. The van der Waals surface area contributed by atoms with E-state index < -0.39 is 0 Å². The minimum atomic E-state index is 1.31. The van der Waals surface area contributed by atoms with Gasteiger partial charge in [-0.25, -0.2) is 0 Å².